The minimum atomic E-state index is -0.390. The number of piperazine rings is 1. The molecule has 1 aromatic carbocycles. The van der Waals surface area contributed by atoms with Crippen LogP contribution in [0.15, 0.2) is 48.8 Å². The number of carbonyl (C=O) groups is 1. The SMILES string of the molecule is CC(=O)N1CCN(c2nnc(Cc3cccnc3)n2CC(C)Oc2ccccc2F)CC1. The molecule has 1 atom stereocenters. The zero-order chi connectivity index (χ0) is 22.5. The van der Waals surface area contributed by atoms with Crippen molar-refractivity contribution < 1.29 is 13.9 Å². The number of halogens is 1. The van der Waals surface area contributed by atoms with Crippen LogP contribution in [0.25, 0.3) is 0 Å². The lowest BCUT2D eigenvalue weighted by Gasteiger charge is -2.35. The van der Waals surface area contributed by atoms with Crippen LogP contribution < -0.4 is 9.64 Å². The van der Waals surface area contributed by atoms with Crippen molar-refractivity contribution in [1.82, 2.24) is 24.6 Å². The lowest BCUT2D eigenvalue weighted by atomic mass is 10.2. The van der Waals surface area contributed by atoms with Crippen molar-refractivity contribution in [3.05, 3.63) is 66.0 Å². The molecule has 32 heavy (non-hydrogen) atoms. The van der Waals surface area contributed by atoms with E-state index in [2.05, 4.69) is 20.1 Å². The quantitative estimate of drug-likeness (QED) is 0.564. The molecule has 1 aliphatic rings. The van der Waals surface area contributed by atoms with Crippen molar-refractivity contribution >= 4 is 11.9 Å². The average Bonchev–Trinajstić information content (AvgIpc) is 3.18. The van der Waals surface area contributed by atoms with Gasteiger partial charge in [0.05, 0.1) is 6.54 Å². The third-order valence-corrected chi connectivity index (χ3v) is 5.51. The molecule has 3 heterocycles. The fraction of sp³-hybridized carbons (Fsp3) is 0.391. The maximum absolute atomic E-state index is 14.1. The number of aromatic nitrogens is 4. The Kier molecular flexibility index (Phi) is 6.63. The predicted molar refractivity (Wildman–Crippen MR) is 118 cm³/mol. The van der Waals surface area contributed by atoms with Gasteiger partial charge in [-0.15, -0.1) is 10.2 Å². The lowest BCUT2D eigenvalue weighted by Crippen LogP contribution is -2.49. The molecule has 4 rings (SSSR count). The summed E-state index contributed by atoms with van der Waals surface area (Å²) < 4.78 is 22.0. The Balaban J connectivity index is 1.56. The molecule has 1 unspecified atom stereocenters. The smallest absolute Gasteiger partial charge is 0.227 e. The van der Waals surface area contributed by atoms with E-state index < -0.39 is 0 Å². The highest BCUT2D eigenvalue weighted by molar-refractivity contribution is 5.73. The first-order valence-electron chi connectivity index (χ1n) is 10.7. The van der Waals surface area contributed by atoms with Crippen LogP contribution in [0.1, 0.15) is 25.2 Å². The monoisotopic (exact) mass is 438 g/mol. The van der Waals surface area contributed by atoms with Gasteiger partial charge in [-0.25, -0.2) is 4.39 Å². The van der Waals surface area contributed by atoms with Gasteiger partial charge in [0.15, 0.2) is 11.6 Å². The summed E-state index contributed by atoms with van der Waals surface area (Å²) in [6.45, 7) is 6.58. The summed E-state index contributed by atoms with van der Waals surface area (Å²) in [5.41, 5.74) is 1.02. The number of anilines is 1. The van der Waals surface area contributed by atoms with E-state index in [0.29, 0.717) is 39.1 Å². The third kappa shape index (κ3) is 5.04. The minimum absolute atomic E-state index is 0.0790. The molecule has 168 valence electrons. The summed E-state index contributed by atoms with van der Waals surface area (Å²) in [6.07, 6.45) is 3.80. The number of ether oxygens (including phenoxy) is 1. The van der Waals surface area contributed by atoms with E-state index in [-0.39, 0.29) is 23.6 Å². The summed E-state index contributed by atoms with van der Waals surface area (Å²) in [6, 6.07) is 10.3. The fourth-order valence-electron chi connectivity index (χ4n) is 3.84. The summed E-state index contributed by atoms with van der Waals surface area (Å²) in [7, 11) is 0. The molecule has 1 fully saturated rings. The Hall–Kier alpha value is -3.49. The second kappa shape index (κ2) is 9.76. The van der Waals surface area contributed by atoms with E-state index in [0.717, 1.165) is 17.3 Å². The summed E-state index contributed by atoms with van der Waals surface area (Å²) in [5, 5.41) is 8.92. The van der Waals surface area contributed by atoms with Gasteiger partial charge >= 0.3 is 0 Å². The normalized spacial score (nSPS) is 15.0. The van der Waals surface area contributed by atoms with Crippen LogP contribution in [-0.4, -0.2) is 62.8 Å². The molecule has 3 aromatic rings. The largest absolute Gasteiger partial charge is 0.486 e. The zero-order valence-electron chi connectivity index (χ0n) is 18.3. The van der Waals surface area contributed by atoms with Gasteiger partial charge in [0, 0.05) is 51.9 Å². The Labute approximate surface area is 186 Å². The van der Waals surface area contributed by atoms with Crippen LogP contribution in [-0.2, 0) is 17.8 Å². The van der Waals surface area contributed by atoms with Crippen molar-refractivity contribution in [2.75, 3.05) is 31.1 Å². The topological polar surface area (TPSA) is 76.4 Å². The van der Waals surface area contributed by atoms with Gasteiger partial charge in [-0.05, 0) is 30.7 Å². The van der Waals surface area contributed by atoms with Gasteiger partial charge in [0.2, 0.25) is 11.9 Å². The second-order valence-corrected chi connectivity index (χ2v) is 7.92. The molecule has 9 heteroatoms. The molecule has 8 nitrogen and oxygen atoms in total. The molecule has 0 saturated carbocycles. The fourth-order valence-corrected chi connectivity index (χ4v) is 3.84. The van der Waals surface area contributed by atoms with E-state index in [1.54, 1.807) is 31.3 Å². The number of hydrogen-bond donors (Lipinski definition) is 0. The van der Waals surface area contributed by atoms with Crippen LogP contribution in [0, 0.1) is 5.82 Å². The van der Waals surface area contributed by atoms with Gasteiger partial charge < -0.3 is 14.5 Å². The van der Waals surface area contributed by atoms with E-state index in [9.17, 15) is 9.18 Å². The number of para-hydroxylation sites is 1. The molecule has 0 bridgehead atoms. The third-order valence-electron chi connectivity index (χ3n) is 5.51. The molecule has 0 radical (unpaired) electrons. The number of carbonyl (C=O) groups excluding carboxylic acids is 1. The number of nitrogens with zero attached hydrogens (tertiary/aromatic N) is 6. The van der Waals surface area contributed by atoms with Gasteiger partial charge in [0.25, 0.3) is 0 Å². The Morgan fingerprint density at radius 1 is 1.12 bits per heavy atom. The first-order chi connectivity index (χ1) is 15.5. The number of benzene rings is 1. The molecule has 0 N–H and O–H groups in total. The first-order valence-corrected chi connectivity index (χ1v) is 10.7. The minimum Gasteiger partial charge on any atom is -0.486 e. The molecular weight excluding hydrogens is 411 g/mol. The number of pyridine rings is 1. The molecular formula is C23H27FN6O2. The van der Waals surface area contributed by atoms with Crippen LogP contribution in [0.5, 0.6) is 5.75 Å². The highest BCUT2D eigenvalue weighted by Gasteiger charge is 2.25. The van der Waals surface area contributed by atoms with E-state index in [1.165, 1.54) is 6.07 Å². The number of amides is 1. The molecule has 1 aliphatic heterocycles. The summed E-state index contributed by atoms with van der Waals surface area (Å²) in [4.78, 5) is 19.8. The average molecular weight is 439 g/mol. The Morgan fingerprint density at radius 3 is 2.59 bits per heavy atom. The molecule has 1 amide bonds. The van der Waals surface area contributed by atoms with E-state index in [4.69, 9.17) is 4.74 Å². The van der Waals surface area contributed by atoms with Crippen LogP contribution in [0.4, 0.5) is 10.3 Å². The van der Waals surface area contributed by atoms with Crippen molar-refractivity contribution in [2.45, 2.75) is 32.9 Å². The predicted octanol–water partition coefficient (Wildman–Crippen LogP) is 2.54. The Bertz CT molecular complexity index is 1050. The molecule has 2 aromatic heterocycles. The maximum Gasteiger partial charge on any atom is 0.227 e. The van der Waals surface area contributed by atoms with E-state index >= 15 is 0 Å². The molecule has 1 saturated heterocycles. The highest BCUT2D eigenvalue weighted by Crippen LogP contribution is 2.22. The van der Waals surface area contributed by atoms with Gasteiger partial charge in [0.1, 0.15) is 11.9 Å². The van der Waals surface area contributed by atoms with Crippen molar-refractivity contribution in [1.29, 1.82) is 0 Å². The van der Waals surface area contributed by atoms with Crippen molar-refractivity contribution in [2.24, 2.45) is 0 Å². The second-order valence-electron chi connectivity index (χ2n) is 7.92. The molecule has 0 aliphatic carbocycles. The van der Waals surface area contributed by atoms with Gasteiger partial charge in [-0.3, -0.25) is 14.3 Å². The Morgan fingerprint density at radius 2 is 1.91 bits per heavy atom. The van der Waals surface area contributed by atoms with Gasteiger partial charge in [-0.2, -0.15) is 0 Å². The summed E-state index contributed by atoms with van der Waals surface area (Å²) >= 11 is 0. The molecule has 0 spiro atoms. The number of rotatable bonds is 7. The van der Waals surface area contributed by atoms with Crippen LogP contribution in [0.2, 0.25) is 0 Å². The van der Waals surface area contributed by atoms with Crippen LogP contribution in [0.3, 0.4) is 0 Å². The van der Waals surface area contributed by atoms with Gasteiger partial charge in [-0.1, -0.05) is 18.2 Å². The maximum atomic E-state index is 14.1. The highest BCUT2D eigenvalue weighted by atomic mass is 19.1. The van der Waals surface area contributed by atoms with Crippen LogP contribution >= 0.6 is 0 Å². The standard InChI is InChI=1S/C23H27FN6O2/c1-17(32-21-8-4-3-7-20(21)24)16-30-22(14-19-6-5-9-25-15-19)26-27-23(30)29-12-10-28(11-13-29)18(2)31/h3-9,15,17H,10-14,16H2,1-2H3. The zero-order valence-corrected chi connectivity index (χ0v) is 18.3. The first kappa shape index (κ1) is 21.7. The lowest BCUT2D eigenvalue weighted by molar-refractivity contribution is -0.129. The number of hydrogen-bond acceptors (Lipinski definition) is 6. The van der Waals surface area contributed by atoms with Crippen molar-refractivity contribution in [3.63, 3.8) is 0 Å². The summed E-state index contributed by atoms with van der Waals surface area (Å²) in [5.74, 6) is 1.43. The van der Waals surface area contributed by atoms with E-state index in [1.807, 2.05) is 34.7 Å². The van der Waals surface area contributed by atoms with Crippen molar-refractivity contribution in [3.8, 4) is 5.75 Å².